The van der Waals surface area contributed by atoms with Crippen molar-refractivity contribution in [2.24, 2.45) is 5.73 Å². The van der Waals surface area contributed by atoms with E-state index in [1.54, 1.807) is 0 Å². The van der Waals surface area contributed by atoms with Gasteiger partial charge in [-0.1, -0.05) is 6.07 Å². The zero-order valence-corrected chi connectivity index (χ0v) is 12.8. The van der Waals surface area contributed by atoms with E-state index in [0.29, 0.717) is 24.7 Å². The number of hydrogen-bond donors (Lipinski definition) is 1. The first-order valence-corrected chi connectivity index (χ1v) is 6.92. The highest BCUT2D eigenvalue weighted by Crippen LogP contribution is 2.30. The summed E-state index contributed by atoms with van der Waals surface area (Å²) in [7, 11) is 1.31. The second-order valence-electron chi connectivity index (χ2n) is 4.27. The standard InChI is InChI=1S/C15H23NO5/c1-4-20-13-7-6-11(8-14(13)21-5-2)12(16)9-19-10-15(17)18-3/h6-8,12H,4-5,9-10,16H2,1-3H3. The maximum atomic E-state index is 11.0. The van der Waals surface area contributed by atoms with Crippen LogP contribution in [0.15, 0.2) is 18.2 Å². The molecule has 0 aliphatic rings. The molecule has 1 unspecified atom stereocenters. The van der Waals surface area contributed by atoms with E-state index < -0.39 is 5.97 Å². The number of carbonyl (C=O) groups is 1. The fourth-order valence-corrected chi connectivity index (χ4v) is 1.72. The van der Waals surface area contributed by atoms with Crippen LogP contribution in [0.2, 0.25) is 0 Å². The molecule has 0 heterocycles. The van der Waals surface area contributed by atoms with Crippen molar-refractivity contribution in [1.29, 1.82) is 0 Å². The minimum Gasteiger partial charge on any atom is -0.490 e. The lowest BCUT2D eigenvalue weighted by atomic mass is 10.1. The molecule has 2 N–H and O–H groups in total. The summed E-state index contributed by atoms with van der Waals surface area (Å²) in [5.74, 6) is 0.912. The fourth-order valence-electron chi connectivity index (χ4n) is 1.72. The Bertz CT molecular complexity index is 450. The molecule has 0 aromatic heterocycles. The fraction of sp³-hybridized carbons (Fsp3) is 0.533. The van der Waals surface area contributed by atoms with Crippen LogP contribution in [0.1, 0.15) is 25.5 Å². The first-order chi connectivity index (χ1) is 10.1. The van der Waals surface area contributed by atoms with E-state index in [4.69, 9.17) is 19.9 Å². The van der Waals surface area contributed by atoms with Crippen LogP contribution in [0, 0.1) is 0 Å². The molecule has 0 radical (unpaired) electrons. The van der Waals surface area contributed by atoms with E-state index in [2.05, 4.69) is 4.74 Å². The predicted octanol–water partition coefficient (Wildman–Crippen LogP) is 1.67. The van der Waals surface area contributed by atoms with Crippen molar-refractivity contribution in [2.45, 2.75) is 19.9 Å². The van der Waals surface area contributed by atoms with Gasteiger partial charge in [0.2, 0.25) is 0 Å². The van der Waals surface area contributed by atoms with Crippen molar-refractivity contribution in [3.8, 4) is 11.5 Å². The van der Waals surface area contributed by atoms with Gasteiger partial charge in [0.25, 0.3) is 0 Å². The average Bonchev–Trinajstić information content (AvgIpc) is 2.49. The highest BCUT2D eigenvalue weighted by Gasteiger charge is 2.12. The third-order valence-electron chi connectivity index (χ3n) is 2.74. The smallest absolute Gasteiger partial charge is 0.331 e. The third kappa shape index (κ3) is 5.61. The number of benzene rings is 1. The molecule has 1 aromatic carbocycles. The van der Waals surface area contributed by atoms with Crippen LogP contribution in [-0.4, -0.2) is 39.5 Å². The topological polar surface area (TPSA) is 80.0 Å². The quantitative estimate of drug-likeness (QED) is 0.698. The summed E-state index contributed by atoms with van der Waals surface area (Å²) >= 11 is 0. The number of esters is 1. The molecular weight excluding hydrogens is 274 g/mol. The third-order valence-corrected chi connectivity index (χ3v) is 2.74. The van der Waals surface area contributed by atoms with E-state index in [0.717, 1.165) is 5.56 Å². The maximum Gasteiger partial charge on any atom is 0.331 e. The molecule has 0 amide bonds. The van der Waals surface area contributed by atoms with Crippen LogP contribution in [0.25, 0.3) is 0 Å². The van der Waals surface area contributed by atoms with E-state index in [-0.39, 0.29) is 19.3 Å². The molecule has 0 saturated heterocycles. The molecule has 0 saturated carbocycles. The second-order valence-corrected chi connectivity index (χ2v) is 4.27. The van der Waals surface area contributed by atoms with Gasteiger partial charge in [-0.2, -0.15) is 0 Å². The van der Waals surface area contributed by atoms with Gasteiger partial charge in [-0.3, -0.25) is 0 Å². The lowest BCUT2D eigenvalue weighted by Gasteiger charge is -2.16. The second kappa shape index (κ2) is 9.20. The summed E-state index contributed by atoms with van der Waals surface area (Å²) in [6.45, 7) is 5.03. The highest BCUT2D eigenvalue weighted by atomic mass is 16.6. The number of hydrogen-bond acceptors (Lipinski definition) is 6. The molecule has 0 fully saturated rings. The molecule has 0 bridgehead atoms. The van der Waals surface area contributed by atoms with Gasteiger partial charge >= 0.3 is 5.97 Å². The van der Waals surface area contributed by atoms with Crippen LogP contribution in [-0.2, 0) is 14.3 Å². The van der Waals surface area contributed by atoms with E-state index in [1.165, 1.54) is 7.11 Å². The normalized spacial score (nSPS) is 11.8. The Kier molecular flexibility index (Phi) is 7.56. The number of rotatable bonds is 9. The van der Waals surface area contributed by atoms with Gasteiger partial charge in [0.15, 0.2) is 11.5 Å². The average molecular weight is 297 g/mol. The van der Waals surface area contributed by atoms with Crippen LogP contribution in [0.5, 0.6) is 11.5 Å². The lowest BCUT2D eigenvalue weighted by molar-refractivity contribution is -0.146. The van der Waals surface area contributed by atoms with Crippen LogP contribution in [0.4, 0.5) is 0 Å². The van der Waals surface area contributed by atoms with Crippen molar-refractivity contribution in [2.75, 3.05) is 33.5 Å². The van der Waals surface area contributed by atoms with Gasteiger partial charge in [0, 0.05) is 0 Å². The highest BCUT2D eigenvalue weighted by molar-refractivity contribution is 5.70. The van der Waals surface area contributed by atoms with Crippen LogP contribution >= 0.6 is 0 Å². The Morgan fingerprint density at radius 1 is 1.19 bits per heavy atom. The maximum absolute atomic E-state index is 11.0. The number of methoxy groups -OCH3 is 1. The van der Waals surface area contributed by atoms with Crippen molar-refractivity contribution >= 4 is 5.97 Å². The Balaban J connectivity index is 2.68. The molecule has 0 spiro atoms. The number of nitrogens with two attached hydrogens (primary N) is 1. The largest absolute Gasteiger partial charge is 0.490 e. The molecule has 1 atom stereocenters. The summed E-state index contributed by atoms with van der Waals surface area (Å²) in [5.41, 5.74) is 6.89. The SMILES string of the molecule is CCOc1ccc(C(N)COCC(=O)OC)cc1OCC. The summed E-state index contributed by atoms with van der Waals surface area (Å²) in [6.07, 6.45) is 0. The monoisotopic (exact) mass is 297 g/mol. The molecule has 21 heavy (non-hydrogen) atoms. The summed E-state index contributed by atoms with van der Waals surface area (Å²) in [6, 6.07) is 5.16. The molecule has 118 valence electrons. The van der Waals surface area contributed by atoms with E-state index >= 15 is 0 Å². The zero-order chi connectivity index (χ0) is 15.7. The van der Waals surface area contributed by atoms with Crippen molar-refractivity contribution in [1.82, 2.24) is 0 Å². The van der Waals surface area contributed by atoms with Gasteiger partial charge in [-0.25, -0.2) is 4.79 Å². The van der Waals surface area contributed by atoms with E-state index in [9.17, 15) is 4.79 Å². The molecule has 1 aromatic rings. The van der Waals surface area contributed by atoms with Gasteiger partial charge in [0.1, 0.15) is 6.61 Å². The minimum atomic E-state index is -0.427. The summed E-state index contributed by atoms with van der Waals surface area (Å²) in [5, 5.41) is 0. The summed E-state index contributed by atoms with van der Waals surface area (Å²) < 4.78 is 20.7. The Labute approximate surface area is 125 Å². The van der Waals surface area contributed by atoms with Gasteiger partial charge in [-0.15, -0.1) is 0 Å². The van der Waals surface area contributed by atoms with Crippen molar-refractivity contribution in [3.05, 3.63) is 23.8 Å². The first-order valence-electron chi connectivity index (χ1n) is 6.92. The summed E-state index contributed by atoms with van der Waals surface area (Å²) in [4.78, 5) is 11.0. The van der Waals surface area contributed by atoms with Gasteiger partial charge in [0.05, 0.1) is 33.0 Å². The van der Waals surface area contributed by atoms with Gasteiger partial charge in [-0.05, 0) is 31.5 Å². The Hall–Kier alpha value is -1.79. The predicted molar refractivity (Wildman–Crippen MR) is 78.5 cm³/mol. The molecule has 6 nitrogen and oxygen atoms in total. The molecule has 0 aliphatic carbocycles. The molecular formula is C15H23NO5. The Morgan fingerprint density at radius 3 is 2.48 bits per heavy atom. The van der Waals surface area contributed by atoms with E-state index in [1.807, 2.05) is 32.0 Å². The first kappa shape index (κ1) is 17.3. The lowest BCUT2D eigenvalue weighted by Crippen LogP contribution is -2.20. The molecule has 0 aliphatic heterocycles. The minimum absolute atomic E-state index is 0.112. The Morgan fingerprint density at radius 2 is 1.86 bits per heavy atom. The van der Waals surface area contributed by atoms with Crippen LogP contribution < -0.4 is 15.2 Å². The molecule has 1 rings (SSSR count). The molecule has 6 heteroatoms. The van der Waals surface area contributed by atoms with Gasteiger partial charge < -0.3 is 24.7 Å². The number of carbonyl (C=O) groups excluding carboxylic acids is 1. The number of ether oxygens (including phenoxy) is 4. The van der Waals surface area contributed by atoms with Crippen molar-refractivity contribution < 1.29 is 23.7 Å². The van der Waals surface area contributed by atoms with Crippen LogP contribution in [0.3, 0.4) is 0 Å². The van der Waals surface area contributed by atoms with Crippen molar-refractivity contribution in [3.63, 3.8) is 0 Å². The zero-order valence-electron chi connectivity index (χ0n) is 12.8.